The molecule has 1 amide bonds. The zero-order valence-corrected chi connectivity index (χ0v) is 19.8. The van der Waals surface area contributed by atoms with Crippen LogP contribution in [-0.2, 0) is 9.53 Å². The number of amides is 1. The third kappa shape index (κ3) is 4.57. The van der Waals surface area contributed by atoms with Crippen molar-refractivity contribution >= 4 is 33.4 Å². The number of esters is 1. The van der Waals surface area contributed by atoms with Gasteiger partial charge in [0.2, 0.25) is 5.91 Å². The minimum Gasteiger partial charge on any atom is -0.462 e. The van der Waals surface area contributed by atoms with Crippen LogP contribution >= 0.6 is 11.3 Å². The number of nitrogens with zero attached hydrogens (tertiary/aromatic N) is 4. The van der Waals surface area contributed by atoms with Crippen molar-refractivity contribution in [1.82, 2.24) is 24.7 Å². The fourth-order valence-electron chi connectivity index (χ4n) is 4.49. The van der Waals surface area contributed by atoms with Crippen molar-refractivity contribution in [3.8, 4) is 0 Å². The zero-order valence-electron chi connectivity index (χ0n) is 19.0. The first-order valence-corrected chi connectivity index (χ1v) is 12.1. The molecule has 4 heterocycles. The van der Waals surface area contributed by atoms with Crippen LogP contribution in [0.2, 0.25) is 0 Å². The predicted molar refractivity (Wildman–Crippen MR) is 123 cm³/mol. The zero-order chi connectivity index (χ0) is 22.8. The van der Waals surface area contributed by atoms with Gasteiger partial charge in [-0.15, -0.1) is 11.3 Å². The highest BCUT2D eigenvalue weighted by Crippen LogP contribution is 2.29. The number of rotatable bonds is 6. The average Bonchev–Trinajstić information content (AvgIpc) is 3.42. The summed E-state index contributed by atoms with van der Waals surface area (Å²) in [6.45, 7) is 11.3. The summed E-state index contributed by atoms with van der Waals surface area (Å²) in [7, 11) is 0. The molecule has 2 aliphatic heterocycles. The van der Waals surface area contributed by atoms with Gasteiger partial charge in [-0.25, -0.2) is 9.78 Å². The highest BCUT2D eigenvalue weighted by Gasteiger charge is 2.28. The molecule has 0 aromatic carbocycles. The van der Waals surface area contributed by atoms with Crippen molar-refractivity contribution in [3.63, 3.8) is 0 Å². The monoisotopic (exact) mass is 461 g/mol. The second-order valence-corrected chi connectivity index (χ2v) is 9.48. The SMILES string of the molecule is CCOC(=O)c1sc2nc(C(C)N3CCN(CC(=O)N4CCCC4)CC3)[nH]c(=O)c2c1C. The number of thiophene rings is 1. The number of likely N-dealkylation sites (tertiary alicyclic amines) is 1. The molecule has 2 saturated heterocycles. The summed E-state index contributed by atoms with van der Waals surface area (Å²) in [5.74, 6) is 0.410. The second-order valence-electron chi connectivity index (χ2n) is 8.48. The van der Waals surface area contributed by atoms with Crippen LogP contribution in [0.15, 0.2) is 4.79 Å². The Labute approximate surface area is 191 Å². The van der Waals surface area contributed by atoms with E-state index < -0.39 is 5.97 Å². The molecule has 174 valence electrons. The van der Waals surface area contributed by atoms with E-state index in [1.807, 2.05) is 11.8 Å². The van der Waals surface area contributed by atoms with Crippen LogP contribution in [0.3, 0.4) is 0 Å². The molecule has 0 aliphatic carbocycles. The van der Waals surface area contributed by atoms with Gasteiger partial charge in [0.15, 0.2) is 0 Å². The number of ether oxygens (including phenoxy) is 1. The maximum Gasteiger partial charge on any atom is 0.348 e. The van der Waals surface area contributed by atoms with Gasteiger partial charge in [0, 0.05) is 39.3 Å². The predicted octanol–water partition coefficient (Wildman–Crippen LogP) is 1.77. The molecule has 1 atom stereocenters. The number of carbonyl (C=O) groups excluding carboxylic acids is 2. The fraction of sp³-hybridized carbons (Fsp3) is 0.636. The lowest BCUT2D eigenvalue weighted by Gasteiger charge is -2.37. The molecule has 0 spiro atoms. The highest BCUT2D eigenvalue weighted by molar-refractivity contribution is 7.20. The van der Waals surface area contributed by atoms with Gasteiger partial charge in [0.1, 0.15) is 15.5 Å². The number of aromatic nitrogens is 2. The van der Waals surface area contributed by atoms with Crippen LogP contribution in [0.4, 0.5) is 0 Å². The number of aromatic amines is 1. The smallest absolute Gasteiger partial charge is 0.348 e. The molecule has 0 saturated carbocycles. The van der Waals surface area contributed by atoms with Gasteiger partial charge in [-0.3, -0.25) is 19.4 Å². The number of carbonyl (C=O) groups is 2. The molecule has 9 nitrogen and oxygen atoms in total. The molecule has 2 aliphatic rings. The lowest BCUT2D eigenvalue weighted by Crippen LogP contribution is -2.50. The third-order valence-electron chi connectivity index (χ3n) is 6.45. The number of piperazine rings is 1. The van der Waals surface area contributed by atoms with Gasteiger partial charge < -0.3 is 14.6 Å². The molecule has 10 heteroatoms. The molecule has 2 fully saturated rings. The standard InChI is InChI=1S/C22H31N5O4S/c1-4-31-22(30)18-14(2)17-20(29)23-19(24-21(17)32-18)15(3)26-11-9-25(10-12-26)13-16(28)27-7-5-6-8-27/h15H,4-13H2,1-3H3,(H,23,24,29). The Bertz CT molecular complexity index is 1050. The van der Waals surface area contributed by atoms with E-state index in [1.165, 1.54) is 11.3 Å². The quantitative estimate of drug-likeness (QED) is 0.655. The number of hydrogen-bond donors (Lipinski definition) is 1. The van der Waals surface area contributed by atoms with E-state index in [1.54, 1.807) is 13.8 Å². The summed E-state index contributed by atoms with van der Waals surface area (Å²) in [6.07, 6.45) is 2.22. The van der Waals surface area contributed by atoms with Crippen molar-refractivity contribution < 1.29 is 14.3 Å². The number of aryl methyl sites for hydroxylation is 1. The maximum absolute atomic E-state index is 12.8. The molecule has 2 aromatic rings. The van der Waals surface area contributed by atoms with E-state index in [0.717, 1.165) is 52.1 Å². The summed E-state index contributed by atoms with van der Waals surface area (Å²) in [5, 5.41) is 0.458. The first-order valence-electron chi connectivity index (χ1n) is 11.3. The lowest BCUT2D eigenvalue weighted by molar-refractivity contribution is -0.131. The number of hydrogen-bond acceptors (Lipinski definition) is 8. The first kappa shape index (κ1) is 22.9. The molecule has 2 aromatic heterocycles. The Morgan fingerprint density at radius 3 is 2.50 bits per heavy atom. The third-order valence-corrected chi connectivity index (χ3v) is 7.61. The molecule has 32 heavy (non-hydrogen) atoms. The topological polar surface area (TPSA) is 98.8 Å². The molecule has 1 N–H and O–H groups in total. The highest BCUT2D eigenvalue weighted by atomic mass is 32.1. The van der Waals surface area contributed by atoms with E-state index in [9.17, 15) is 14.4 Å². The molecular formula is C22H31N5O4S. The summed E-state index contributed by atoms with van der Waals surface area (Å²) in [6, 6.07) is -0.0722. The minimum absolute atomic E-state index is 0.0722. The number of fused-ring (bicyclic) bond motifs is 1. The summed E-state index contributed by atoms with van der Waals surface area (Å²) < 4.78 is 5.11. The Balaban J connectivity index is 1.43. The number of H-pyrrole nitrogens is 1. The van der Waals surface area contributed by atoms with Gasteiger partial charge in [-0.2, -0.15) is 0 Å². The summed E-state index contributed by atoms with van der Waals surface area (Å²) in [5.41, 5.74) is 0.392. The summed E-state index contributed by atoms with van der Waals surface area (Å²) >= 11 is 1.21. The van der Waals surface area contributed by atoms with Gasteiger partial charge in [0.25, 0.3) is 5.56 Å². The molecule has 1 unspecified atom stereocenters. The van der Waals surface area contributed by atoms with E-state index in [0.29, 0.717) is 33.0 Å². The largest absolute Gasteiger partial charge is 0.462 e. The van der Waals surface area contributed by atoms with Gasteiger partial charge >= 0.3 is 5.97 Å². The second kappa shape index (κ2) is 9.68. The van der Waals surface area contributed by atoms with E-state index in [2.05, 4.69) is 14.8 Å². The average molecular weight is 462 g/mol. The molecular weight excluding hydrogens is 430 g/mol. The molecule has 0 radical (unpaired) electrons. The van der Waals surface area contributed by atoms with Crippen molar-refractivity contribution in [1.29, 1.82) is 0 Å². The fourth-order valence-corrected chi connectivity index (χ4v) is 5.57. The molecule has 4 rings (SSSR count). The normalized spacial score (nSPS) is 18.9. The van der Waals surface area contributed by atoms with Crippen LogP contribution < -0.4 is 5.56 Å². The molecule has 0 bridgehead atoms. The van der Waals surface area contributed by atoms with E-state index in [4.69, 9.17) is 9.72 Å². The van der Waals surface area contributed by atoms with Crippen LogP contribution in [-0.4, -0.2) is 89.0 Å². The van der Waals surface area contributed by atoms with Gasteiger partial charge in [-0.1, -0.05) is 0 Å². The maximum atomic E-state index is 12.8. The van der Waals surface area contributed by atoms with Crippen LogP contribution in [0.5, 0.6) is 0 Å². The van der Waals surface area contributed by atoms with Gasteiger partial charge in [-0.05, 0) is 39.2 Å². The number of nitrogens with one attached hydrogen (secondary N) is 1. The Morgan fingerprint density at radius 2 is 1.84 bits per heavy atom. The van der Waals surface area contributed by atoms with Crippen molar-refractivity contribution in [2.45, 2.75) is 39.7 Å². The lowest BCUT2D eigenvalue weighted by atomic mass is 10.2. The summed E-state index contributed by atoms with van der Waals surface area (Å²) in [4.78, 5) is 52.5. The van der Waals surface area contributed by atoms with Crippen LogP contribution in [0, 0.1) is 6.92 Å². The van der Waals surface area contributed by atoms with E-state index >= 15 is 0 Å². The van der Waals surface area contributed by atoms with Crippen LogP contribution in [0.25, 0.3) is 10.2 Å². The van der Waals surface area contributed by atoms with Crippen LogP contribution in [0.1, 0.15) is 53.8 Å². The minimum atomic E-state index is -0.415. The van der Waals surface area contributed by atoms with Crippen molar-refractivity contribution in [3.05, 3.63) is 26.6 Å². The van der Waals surface area contributed by atoms with Crippen molar-refractivity contribution in [2.24, 2.45) is 0 Å². The Hall–Kier alpha value is -2.30. The first-order chi connectivity index (χ1) is 15.4. The van der Waals surface area contributed by atoms with E-state index in [-0.39, 0.29) is 24.1 Å². The Morgan fingerprint density at radius 1 is 1.16 bits per heavy atom. The Kier molecular flexibility index (Phi) is 6.92. The van der Waals surface area contributed by atoms with Gasteiger partial charge in [0.05, 0.1) is 24.6 Å². The van der Waals surface area contributed by atoms with Crippen molar-refractivity contribution in [2.75, 3.05) is 52.4 Å².